The highest BCUT2D eigenvalue weighted by Crippen LogP contribution is 2.47. The van der Waals surface area contributed by atoms with Crippen LogP contribution >= 0.6 is 0 Å². The van der Waals surface area contributed by atoms with Gasteiger partial charge in [0.25, 0.3) is 0 Å². The molecule has 2 atom stereocenters. The van der Waals surface area contributed by atoms with E-state index in [2.05, 4.69) is 103 Å². The van der Waals surface area contributed by atoms with E-state index in [9.17, 15) is 0 Å². The Morgan fingerprint density at radius 3 is 1.42 bits per heavy atom. The van der Waals surface area contributed by atoms with Crippen molar-refractivity contribution < 1.29 is 0 Å². The molecule has 0 saturated carbocycles. The Kier molecular flexibility index (Phi) is 4.90. The summed E-state index contributed by atoms with van der Waals surface area (Å²) in [6.45, 7) is 3.34. The standard InChI is InChI=1S/C25H27N/c1-20-17-18-24(19-26-20)25(21-11-5-2-6-12-21,22-13-7-3-8-14-22)23-15-9-4-10-16-23/h2-16,20,24,26H,17-19H2,1H3. The van der Waals surface area contributed by atoms with Gasteiger partial charge in [-0.15, -0.1) is 0 Å². The minimum atomic E-state index is -0.128. The van der Waals surface area contributed by atoms with Crippen LogP contribution in [-0.2, 0) is 5.41 Å². The number of piperidine rings is 1. The molecule has 2 unspecified atom stereocenters. The Morgan fingerprint density at radius 1 is 0.654 bits per heavy atom. The molecule has 26 heavy (non-hydrogen) atoms. The van der Waals surface area contributed by atoms with Crippen molar-refractivity contribution in [3.63, 3.8) is 0 Å². The van der Waals surface area contributed by atoms with Gasteiger partial charge in [0.2, 0.25) is 0 Å². The van der Waals surface area contributed by atoms with Crippen molar-refractivity contribution in [3.8, 4) is 0 Å². The van der Waals surface area contributed by atoms with Gasteiger partial charge in [-0.1, -0.05) is 91.0 Å². The predicted molar refractivity (Wildman–Crippen MR) is 109 cm³/mol. The van der Waals surface area contributed by atoms with E-state index in [1.807, 2.05) is 0 Å². The van der Waals surface area contributed by atoms with Gasteiger partial charge in [-0.3, -0.25) is 0 Å². The van der Waals surface area contributed by atoms with Crippen molar-refractivity contribution >= 4 is 0 Å². The maximum atomic E-state index is 3.75. The number of hydrogen-bond acceptors (Lipinski definition) is 1. The van der Waals surface area contributed by atoms with Gasteiger partial charge in [0.05, 0.1) is 0 Å². The van der Waals surface area contributed by atoms with Crippen LogP contribution in [0.3, 0.4) is 0 Å². The summed E-state index contributed by atoms with van der Waals surface area (Å²) >= 11 is 0. The molecule has 0 bridgehead atoms. The lowest BCUT2D eigenvalue weighted by Crippen LogP contribution is -2.48. The van der Waals surface area contributed by atoms with Crippen molar-refractivity contribution in [2.75, 3.05) is 6.54 Å². The highest BCUT2D eigenvalue weighted by molar-refractivity contribution is 5.51. The van der Waals surface area contributed by atoms with E-state index < -0.39 is 0 Å². The van der Waals surface area contributed by atoms with Crippen LogP contribution in [0.25, 0.3) is 0 Å². The molecular formula is C25H27N. The molecule has 1 fully saturated rings. The van der Waals surface area contributed by atoms with Gasteiger partial charge in [0, 0.05) is 11.5 Å². The smallest absolute Gasteiger partial charge is 0.0491 e. The molecule has 1 aliphatic heterocycles. The first-order chi connectivity index (χ1) is 12.8. The Morgan fingerprint density at radius 2 is 1.08 bits per heavy atom. The van der Waals surface area contributed by atoms with Crippen LogP contribution in [0.15, 0.2) is 91.0 Å². The molecule has 132 valence electrons. The topological polar surface area (TPSA) is 12.0 Å². The van der Waals surface area contributed by atoms with Crippen LogP contribution < -0.4 is 5.32 Å². The Hall–Kier alpha value is -2.38. The molecule has 1 aliphatic rings. The number of benzene rings is 3. The van der Waals surface area contributed by atoms with E-state index in [-0.39, 0.29) is 5.41 Å². The highest BCUT2D eigenvalue weighted by Gasteiger charge is 2.44. The molecule has 1 nitrogen and oxygen atoms in total. The second-order valence-corrected chi connectivity index (χ2v) is 7.49. The fourth-order valence-electron chi connectivity index (χ4n) is 4.68. The lowest BCUT2D eigenvalue weighted by atomic mass is 9.60. The minimum Gasteiger partial charge on any atom is -0.314 e. The van der Waals surface area contributed by atoms with Crippen molar-refractivity contribution in [1.29, 1.82) is 0 Å². The van der Waals surface area contributed by atoms with Crippen molar-refractivity contribution in [1.82, 2.24) is 5.32 Å². The molecule has 1 saturated heterocycles. The summed E-state index contributed by atoms with van der Waals surface area (Å²) in [5.74, 6) is 0.519. The van der Waals surface area contributed by atoms with Crippen molar-refractivity contribution in [3.05, 3.63) is 108 Å². The van der Waals surface area contributed by atoms with E-state index in [4.69, 9.17) is 0 Å². The second kappa shape index (κ2) is 7.47. The molecule has 0 amide bonds. The van der Waals surface area contributed by atoms with Crippen LogP contribution in [-0.4, -0.2) is 12.6 Å². The summed E-state index contributed by atoms with van der Waals surface area (Å²) in [4.78, 5) is 0. The molecule has 1 N–H and O–H groups in total. The van der Waals surface area contributed by atoms with Crippen LogP contribution in [0.4, 0.5) is 0 Å². The van der Waals surface area contributed by atoms with Gasteiger partial charge in [0.1, 0.15) is 0 Å². The second-order valence-electron chi connectivity index (χ2n) is 7.49. The Bertz CT molecular complexity index is 706. The first-order valence-corrected chi connectivity index (χ1v) is 9.72. The summed E-state index contributed by atoms with van der Waals surface area (Å²) in [6.07, 6.45) is 2.45. The monoisotopic (exact) mass is 341 g/mol. The quantitative estimate of drug-likeness (QED) is 0.626. The third kappa shape index (κ3) is 2.97. The minimum absolute atomic E-state index is 0.128. The van der Waals surface area contributed by atoms with E-state index in [0.29, 0.717) is 12.0 Å². The van der Waals surface area contributed by atoms with Crippen molar-refractivity contribution in [2.24, 2.45) is 5.92 Å². The molecule has 0 radical (unpaired) electrons. The lowest BCUT2D eigenvalue weighted by Gasteiger charge is -2.45. The summed E-state index contributed by atoms with van der Waals surface area (Å²) in [5, 5.41) is 3.75. The average molecular weight is 341 g/mol. The molecular weight excluding hydrogens is 314 g/mol. The van der Waals surface area contributed by atoms with Gasteiger partial charge >= 0.3 is 0 Å². The Balaban J connectivity index is 1.97. The first-order valence-electron chi connectivity index (χ1n) is 9.72. The lowest BCUT2D eigenvalue weighted by molar-refractivity contribution is 0.255. The summed E-state index contributed by atoms with van der Waals surface area (Å²) in [5.41, 5.74) is 4.04. The zero-order chi connectivity index (χ0) is 17.8. The third-order valence-corrected chi connectivity index (χ3v) is 5.96. The number of rotatable bonds is 4. The molecule has 0 aliphatic carbocycles. The van der Waals surface area contributed by atoms with Crippen LogP contribution in [0.5, 0.6) is 0 Å². The third-order valence-electron chi connectivity index (χ3n) is 5.96. The zero-order valence-corrected chi connectivity index (χ0v) is 15.4. The molecule has 0 aromatic heterocycles. The fourth-order valence-corrected chi connectivity index (χ4v) is 4.68. The van der Waals surface area contributed by atoms with Crippen LogP contribution in [0.1, 0.15) is 36.5 Å². The molecule has 3 aromatic rings. The van der Waals surface area contributed by atoms with Gasteiger partial charge in [-0.05, 0) is 48.9 Å². The first kappa shape index (κ1) is 17.1. The van der Waals surface area contributed by atoms with Gasteiger partial charge in [0.15, 0.2) is 0 Å². The maximum absolute atomic E-state index is 3.75. The maximum Gasteiger partial charge on any atom is 0.0491 e. The highest BCUT2D eigenvalue weighted by atomic mass is 14.9. The van der Waals surface area contributed by atoms with E-state index >= 15 is 0 Å². The fraction of sp³-hybridized carbons (Fsp3) is 0.280. The Labute approximate surface area is 157 Å². The summed E-state index contributed by atoms with van der Waals surface area (Å²) < 4.78 is 0. The molecule has 3 aromatic carbocycles. The largest absolute Gasteiger partial charge is 0.314 e. The van der Waals surface area contributed by atoms with E-state index in [1.165, 1.54) is 29.5 Å². The molecule has 4 rings (SSSR count). The number of nitrogens with one attached hydrogen (secondary N) is 1. The van der Waals surface area contributed by atoms with E-state index in [0.717, 1.165) is 6.54 Å². The summed E-state index contributed by atoms with van der Waals surface area (Å²) in [6, 6.07) is 33.8. The summed E-state index contributed by atoms with van der Waals surface area (Å²) in [7, 11) is 0. The van der Waals surface area contributed by atoms with Gasteiger partial charge < -0.3 is 5.32 Å². The number of hydrogen-bond donors (Lipinski definition) is 1. The zero-order valence-electron chi connectivity index (χ0n) is 15.4. The van der Waals surface area contributed by atoms with Crippen LogP contribution in [0.2, 0.25) is 0 Å². The van der Waals surface area contributed by atoms with Gasteiger partial charge in [-0.25, -0.2) is 0 Å². The van der Waals surface area contributed by atoms with E-state index in [1.54, 1.807) is 0 Å². The molecule has 0 spiro atoms. The van der Waals surface area contributed by atoms with Crippen molar-refractivity contribution in [2.45, 2.75) is 31.2 Å². The normalized spacial score (nSPS) is 20.7. The molecule has 1 heteroatoms. The van der Waals surface area contributed by atoms with Gasteiger partial charge in [-0.2, -0.15) is 0 Å². The van der Waals surface area contributed by atoms with Crippen LogP contribution in [0, 0.1) is 5.92 Å². The predicted octanol–water partition coefficient (Wildman–Crippen LogP) is 5.41. The molecule has 1 heterocycles. The average Bonchev–Trinajstić information content (AvgIpc) is 2.72. The SMILES string of the molecule is CC1CCC(C(c2ccccc2)(c2ccccc2)c2ccccc2)CN1.